The first kappa shape index (κ1) is 18.8. The van der Waals surface area contributed by atoms with Gasteiger partial charge in [-0.25, -0.2) is 18.4 Å². The second-order valence-electron chi connectivity index (χ2n) is 6.65. The molecule has 0 unspecified atom stereocenters. The number of hydrogen-bond donors (Lipinski definition) is 2. The summed E-state index contributed by atoms with van der Waals surface area (Å²) in [6.07, 6.45) is 3.99. The standard InChI is InChI=1S/C20H18N6O2S/c1-26-20-16(11-23-26)18(12-5-3-6-13(9-12)29(2,27)28)24-19(25-20)14-7-4-8-17(22)15(14)10-21/h3-11,21H,22H2,1-2H3. The van der Waals surface area contributed by atoms with Gasteiger partial charge in [-0.05, 0) is 18.2 Å². The third-order valence-corrected chi connectivity index (χ3v) is 5.76. The topological polar surface area (TPSA) is 128 Å². The van der Waals surface area contributed by atoms with E-state index in [-0.39, 0.29) is 4.90 Å². The van der Waals surface area contributed by atoms with Crippen LogP contribution in [-0.4, -0.2) is 40.6 Å². The summed E-state index contributed by atoms with van der Waals surface area (Å²) in [5, 5.41) is 12.7. The Kier molecular flexibility index (Phi) is 4.39. The molecule has 2 aromatic heterocycles. The molecule has 8 nitrogen and oxygen atoms in total. The van der Waals surface area contributed by atoms with Gasteiger partial charge in [0.2, 0.25) is 0 Å². The first-order valence-corrected chi connectivity index (χ1v) is 10.6. The first-order chi connectivity index (χ1) is 13.8. The lowest BCUT2D eigenvalue weighted by molar-refractivity contribution is 0.602. The number of hydrogen-bond acceptors (Lipinski definition) is 7. The Hall–Kier alpha value is -3.59. The highest BCUT2D eigenvalue weighted by molar-refractivity contribution is 7.90. The Morgan fingerprint density at radius 3 is 2.62 bits per heavy atom. The van der Waals surface area contributed by atoms with E-state index in [4.69, 9.17) is 16.1 Å². The smallest absolute Gasteiger partial charge is 0.175 e. The minimum Gasteiger partial charge on any atom is -0.398 e. The van der Waals surface area contributed by atoms with E-state index in [1.807, 2.05) is 0 Å². The molecule has 0 saturated carbocycles. The lowest BCUT2D eigenvalue weighted by Crippen LogP contribution is -2.02. The molecule has 3 N–H and O–H groups in total. The number of nitrogens with zero attached hydrogens (tertiary/aromatic N) is 4. The number of sulfone groups is 1. The fraction of sp³-hybridized carbons (Fsp3) is 0.100. The maximum atomic E-state index is 12.0. The van der Waals surface area contributed by atoms with Crippen molar-refractivity contribution in [3.05, 3.63) is 54.2 Å². The maximum Gasteiger partial charge on any atom is 0.175 e. The van der Waals surface area contributed by atoms with Crippen molar-refractivity contribution in [2.75, 3.05) is 12.0 Å². The van der Waals surface area contributed by atoms with E-state index in [2.05, 4.69) is 10.1 Å². The van der Waals surface area contributed by atoms with Crippen molar-refractivity contribution in [3.63, 3.8) is 0 Å². The summed E-state index contributed by atoms with van der Waals surface area (Å²) in [6.45, 7) is 0. The number of fused-ring (bicyclic) bond motifs is 1. The molecule has 0 saturated heterocycles. The van der Waals surface area contributed by atoms with Gasteiger partial charge in [0.1, 0.15) is 0 Å². The van der Waals surface area contributed by atoms with Crippen molar-refractivity contribution in [1.29, 1.82) is 5.41 Å². The number of nitrogens with two attached hydrogens (primary N) is 1. The first-order valence-electron chi connectivity index (χ1n) is 8.69. The van der Waals surface area contributed by atoms with Crippen molar-refractivity contribution >= 4 is 32.8 Å². The average Bonchev–Trinajstić information content (AvgIpc) is 3.07. The van der Waals surface area contributed by atoms with Crippen LogP contribution in [0, 0.1) is 5.41 Å². The van der Waals surface area contributed by atoms with Crippen LogP contribution in [0.4, 0.5) is 5.69 Å². The summed E-state index contributed by atoms with van der Waals surface area (Å²) in [6, 6.07) is 11.9. The van der Waals surface area contributed by atoms with Crippen LogP contribution in [0.15, 0.2) is 53.6 Å². The molecule has 9 heteroatoms. The van der Waals surface area contributed by atoms with E-state index in [0.717, 1.165) is 0 Å². The van der Waals surface area contributed by atoms with E-state index >= 15 is 0 Å². The fourth-order valence-electron chi connectivity index (χ4n) is 3.18. The van der Waals surface area contributed by atoms with Crippen LogP contribution in [0.5, 0.6) is 0 Å². The largest absolute Gasteiger partial charge is 0.398 e. The van der Waals surface area contributed by atoms with E-state index in [1.165, 1.54) is 12.5 Å². The molecule has 0 aliphatic heterocycles. The van der Waals surface area contributed by atoms with Crippen molar-refractivity contribution in [2.24, 2.45) is 7.05 Å². The lowest BCUT2D eigenvalue weighted by Gasteiger charge is -2.11. The molecule has 4 rings (SSSR count). The van der Waals surface area contributed by atoms with Crippen LogP contribution >= 0.6 is 0 Å². The number of rotatable bonds is 4. The minimum atomic E-state index is -3.37. The quantitative estimate of drug-likeness (QED) is 0.396. The number of nitrogens with one attached hydrogen (secondary N) is 1. The molecule has 0 radical (unpaired) electrons. The molecule has 0 atom stereocenters. The zero-order chi connectivity index (χ0) is 20.8. The van der Waals surface area contributed by atoms with Gasteiger partial charge in [-0.3, -0.25) is 4.68 Å². The van der Waals surface area contributed by atoms with Crippen molar-refractivity contribution in [2.45, 2.75) is 4.90 Å². The van der Waals surface area contributed by atoms with Gasteiger partial charge in [0.25, 0.3) is 0 Å². The Labute approximate surface area is 167 Å². The molecule has 29 heavy (non-hydrogen) atoms. The Morgan fingerprint density at radius 2 is 1.90 bits per heavy atom. The third-order valence-electron chi connectivity index (χ3n) is 4.65. The monoisotopic (exact) mass is 406 g/mol. The summed E-state index contributed by atoms with van der Waals surface area (Å²) in [7, 11) is -1.60. The molecule has 0 spiro atoms. The third kappa shape index (κ3) is 3.25. The Bertz CT molecular complexity index is 1380. The van der Waals surface area contributed by atoms with Crippen molar-refractivity contribution in [3.8, 4) is 22.6 Å². The van der Waals surface area contributed by atoms with E-state index in [9.17, 15) is 8.42 Å². The number of anilines is 1. The highest BCUT2D eigenvalue weighted by Gasteiger charge is 2.18. The van der Waals surface area contributed by atoms with E-state index < -0.39 is 9.84 Å². The van der Waals surface area contributed by atoms with E-state index in [1.54, 1.807) is 60.4 Å². The van der Waals surface area contributed by atoms with Crippen LogP contribution in [0.25, 0.3) is 33.7 Å². The second-order valence-corrected chi connectivity index (χ2v) is 8.67. The van der Waals surface area contributed by atoms with Crippen LogP contribution in [-0.2, 0) is 16.9 Å². The molecule has 2 aromatic carbocycles. The molecule has 0 aliphatic rings. The zero-order valence-corrected chi connectivity index (χ0v) is 16.6. The van der Waals surface area contributed by atoms with Gasteiger partial charge < -0.3 is 11.1 Å². The second kappa shape index (κ2) is 6.78. The number of nitrogen functional groups attached to an aromatic ring is 1. The Balaban J connectivity index is 2.04. The molecule has 4 aromatic rings. The lowest BCUT2D eigenvalue weighted by atomic mass is 10.0. The van der Waals surface area contributed by atoms with Gasteiger partial charge >= 0.3 is 0 Å². The van der Waals surface area contributed by atoms with Gasteiger partial charge in [0, 0.05) is 41.9 Å². The SMILES string of the molecule is Cn1ncc2c(-c3cccc(S(C)(=O)=O)c3)nc(-c3cccc(N)c3C=N)nc21. The summed E-state index contributed by atoms with van der Waals surface area (Å²) >= 11 is 0. The summed E-state index contributed by atoms with van der Waals surface area (Å²) in [5.41, 5.74) is 9.38. The number of aromatic nitrogens is 4. The van der Waals surface area contributed by atoms with Crippen LogP contribution in [0.2, 0.25) is 0 Å². The zero-order valence-electron chi connectivity index (χ0n) is 15.8. The molecule has 0 bridgehead atoms. The van der Waals surface area contributed by atoms with Crippen molar-refractivity contribution in [1.82, 2.24) is 19.7 Å². The Morgan fingerprint density at radius 1 is 1.14 bits per heavy atom. The maximum absolute atomic E-state index is 12.0. The molecular weight excluding hydrogens is 388 g/mol. The summed E-state index contributed by atoms with van der Waals surface area (Å²) in [4.78, 5) is 9.54. The molecular formula is C20H18N6O2S. The van der Waals surface area contributed by atoms with Gasteiger partial charge in [-0.2, -0.15) is 5.10 Å². The molecule has 0 amide bonds. The van der Waals surface area contributed by atoms with Gasteiger partial charge in [-0.15, -0.1) is 0 Å². The van der Waals surface area contributed by atoms with E-state index in [0.29, 0.717) is 44.9 Å². The summed E-state index contributed by atoms with van der Waals surface area (Å²) < 4.78 is 25.6. The molecule has 146 valence electrons. The van der Waals surface area contributed by atoms with Gasteiger partial charge in [-0.1, -0.05) is 24.3 Å². The summed E-state index contributed by atoms with van der Waals surface area (Å²) in [5.74, 6) is 0.381. The number of benzene rings is 2. The molecule has 0 fully saturated rings. The van der Waals surface area contributed by atoms with Gasteiger partial charge in [0.05, 0.1) is 22.2 Å². The van der Waals surface area contributed by atoms with Crippen LogP contribution < -0.4 is 5.73 Å². The molecule has 2 heterocycles. The minimum absolute atomic E-state index is 0.205. The predicted molar refractivity (Wildman–Crippen MR) is 113 cm³/mol. The highest BCUT2D eigenvalue weighted by atomic mass is 32.2. The highest BCUT2D eigenvalue weighted by Crippen LogP contribution is 2.31. The van der Waals surface area contributed by atoms with Crippen LogP contribution in [0.3, 0.4) is 0 Å². The van der Waals surface area contributed by atoms with Gasteiger partial charge in [0.15, 0.2) is 21.3 Å². The van der Waals surface area contributed by atoms with Crippen molar-refractivity contribution < 1.29 is 8.42 Å². The normalized spacial score (nSPS) is 11.7. The fourth-order valence-corrected chi connectivity index (χ4v) is 3.84. The molecule has 0 aliphatic carbocycles. The predicted octanol–water partition coefficient (Wildman–Crippen LogP) is 2.68. The average molecular weight is 406 g/mol. The van der Waals surface area contributed by atoms with Crippen LogP contribution in [0.1, 0.15) is 5.56 Å². The number of aryl methyl sites for hydroxylation is 1.